The summed E-state index contributed by atoms with van der Waals surface area (Å²) in [5.41, 5.74) is 1.08. The predicted molar refractivity (Wildman–Crippen MR) is 70.6 cm³/mol. The molecule has 17 heavy (non-hydrogen) atoms. The molecule has 0 aromatic heterocycles. The van der Waals surface area contributed by atoms with Crippen LogP contribution in [0.5, 0.6) is 0 Å². The summed E-state index contributed by atoms with van der Waals surface area (Å²) in [6.45, 7) is 7.88. The summed E-state index contributed by atoms with van der Waals surface area (Å²) in [6.07, 6.45) is 0. The Labute approximate surface area is 103 Å². The van der Waals surface area contributed by atoms with Gasteiger partial charge in [-0.05, 0) is 26.3 Å². The first kappa shape index (κ1) is 13.6. The molecule has 0 amide bonds. The lowest BCUT2D eigenvalue weighted by molar-refractivity contribution is 0.128. The minimum Gasteiger partial charge on any atom is -0.375 e. The van der Waals surface area contributed by atoms with E-state index in [0.29, 0.717) is 19.8 Å². The Morgan fingerprint density at radius 1 is 1.18 bits per heavy atom. The summed E-state index contributed by atoms with van der Waals surface area (Å²) >= 11 is 0. The summed E-state index contributed by atoms with van der Waals surface area (Å²) in [5.74, 6) is 0. The van der Waals surface area contributed by atoms with Gasteiger partial charge >= 0.3 is 0 Å². The first-order chi connectivity index (χ1) is 8.08. The van der Waals surface area contributed by atoms with Crippen molar-refractivity contribution in [2.45, 2.75) is 32.9 Å². The number of benzene rings is 1. The molecule has 0 atom stereocenters. The van der Waals surface area contributed by atoms with Crippen molar-refractivity contribution in [1.29, 1.82) is 0 Å². The van der Waals surface area contributed by atoms with E-state index in [0.717, 1.165) is 0 Å². The molecule has 0 spiro atoms. The lowest BCUT2D eigenvalue weighted by atomic mass is 10.1. The van der Waals surface area contributed by atoms with Crippen LogP contribution in [0.2, 0.25) is 0 Å². The number of hydrogen-bond donors (Lipinski definition) is 0. The van der Waals surface area contributed by atoms with Crippen LogP contribution in [0.1, 0.15) is 26.3 Å². The lowest BCUT2D eigenvalue weighted by Gasteiger charge is -2.06. The van der Waals surface area contributed by atoms with E-state index < -0.39 is 0 Å². The van der Waals surface area contributed by atoms with Crippen molar-refractivity contribution >= 4 is 6.01 Å². The van der Waals surface area contributed by atoms with Gasteiger partial charge in [0.1, 0.15) is 0 Å². The van der Waals surface area contributed by atoms with Crippen LogP contribution >= 0.6 is 0 Å². The minimum atomic E-state index is -0.103. The predicted octanol–water partition coefficient (Wildman–Crippen LogP) is 3.18. The van der Waals surface area contributed by atoms with E-state index in [4.69, 9.17) is 4.74 Å². The largest absolute Gasteiger partial charge is 0.375 e. The van der Waals surface area contributed by atoms with Gasteiger partial charge in [0.25, 0.3) is 0 Å². The number of rotatable bonds is 5. The van der Waals surface area contributed by atoms with Crippen molar-refractivity contribution in [2.24, 2.45) is 9.98 Å². The van der Waals surface area contributed by atoms with Gasteiger partial charge in [0.15, 0.2) is 0 Å². The van der Waals surface area contributed by atoms with Crippen LogP contribution in [0.15, 0.2) is 40.3 Å². The Bertz CT molecular complexity index is 373. The molecule has 0 aliphatic rings. The third kappa shape index (κ3) is 7.45. The van der Waals surface area contributed by atoms with Crippen molar-refractivity contribution in [3.63, 3.8) is 0 Å². The Morgan fingerprint density at radius 3 is 2.53 bits per heavy atom. The molecule has 1 aromatic rings. The number of ether oxygens (including phenoxy) is 1. The Hall–Kier alpha value is -1.44. The summed E-state index contributed by atoms with van der Waals surface area (Å²) in [7, 11) is 0. The fraction of sp³-hybridized carbons (Fsp3) is 0.500. The van der Waals surface area contributed by atoms with Gasteiger partial charge in [-0.3, -0.25) is 0 Å². The van der Waals surface area contributed by atoms with Crippen LogP contribution in [0.4, 0.5) is 0 Å². The van der Waals surface area contributed by atoms with E-state index in [2.05, 4.69) is 16.0 Å². The first-order valence-electron chi connectivity index (χ1n) is 5.83. The monoisotopic (exact) mass is 232 g/mol. The summed E-state index contributed by atoms with van der Waals surface area (Å²) < 4.78 is 5.48. The maximum Gasteiger partial charge on any atom is 0.0898 e. The molecule has 0 saturated carbocycles. The average Bonchev–Trinajstić information content (AvgIpc) is 2.28. The smallest absolute Gasteiger partial charge is 0.0898 e. The number of hydrogen-bond acceptors (Lipinski definition) is 3. The Kier molecular flexibility index (Phi) is 5.61. The highest BCUT2D eigenvalue weighted by atomic mass is 16.5. The molecule has 1 aromatic carbocycles. The van der Waals surface area contributed by atoms with Gasteiger partial charge in [0, 0.05) is 0 Å². The molecule has 0 aliphatic heterocycles. The molecule has 0 saturated heterocycles. The van der Waals surface area contributed by atoms with Gasteiger partial charge in [-0.15, -0.1) is 0 Å². The Morgan fingerprint density at radius 2 is 1.88 bits per heavy atom. The quantitative estimate of drug-likeness (QED) is 0.567. The van der Waals surface area contributed by atoms with E-state index >= 15 is 0 Å². The minimum absolute atomic E-state index is 0.103. The van der Waals surface area contributed by atoms with Crippen LogP contribution < -0.4 is 0 Å². The molecule has 92 valence electrons. The van der Waals surface area contributed by atoms with Crippen LogP contribution in [0.3, 0.4) is 0 Å². The SMILES string of the molecule is CC(C)(C)N=C=NCCOCc1ccccc1. The molecule has 0 N–H and O–H groups in total. The molecule has 3 heteroatoms. The van der Waals surface area contributed by atoms with E-state index in [1.54, 1.807) is 0 Å². The fourth-order valence-electron chi connectivity index (χ4n) is 1.11. The van der Waals surface area contributed by atoms with Crippen molar-refractivity contribution < 1.29 is 4.74 Å². The molecule has 1 rings (SSSR count). The molecule has 0 radical (unpaired) electrons. The van der Waals surface area contributed by atoms with Crippen LogP contribution in [0, 0.1) is 0 Å². The van der Waals surface area contributed by atoms with Gasteiger partial charge in [0.2, 0.25) is 0 Å². The standard InChI is InChI=1S/C14H20N2O/c1-14(2,3)16-12-15-9-10-17-11-13-7-5-4-6-8-13/h4-8H,9-11H2,1-3H3. The van der Waals surface area contributed by atoms with Crippen LogP contribution in [-0.2, 0) is 11.3 Å². The zero-order valence-corrected chi connectivity index (χ0v) is 10.8. The van der Waals surface area contributed by atoms with Crippen LogP contribution in [0.25, 0.3) is 0 Å². The molecule has 0 unspecified atom stereocenters. The van der Waals surface area contributed by atoms with Gasteiger partial charge in [-0.1, -0.05) is 30.3 Å². The first-order valence-corrected chi connectivity index (χ1v) is 5.83. The highest BCUT2D eigenvalue weighted by Crippen LogP contribution is 2.03. The zero-order valence-electron chi connectivity index (χ0n) is 10.8. The lowest BCUT2D eigenvalue weighted by Crippen LogP contribution is -2.08. The van der Waals surface area contributed by atoms with Crippen LogP contribution in [-0.4, -0.2) is 24.7 Å². The second-order valence-corrected chi connectivity index (χ2v) is 4.80. The van der Waals surface area contributed by atoms with Gasteiger partial charge in [0.05, 0.1) is 31.3 Å². The molecular formula is C14H20N2O. The summed E-state index contributed by atoms with van der Waals surface area (Å²) in [4.78, 5) is 8.19. The average molecular weight is 232 g/mol. The zero-order chi connectivity index (χ0) is 12.6. The summed E-state index contributed by atoms with van der Waals surface area (Å²) in [6, 6.07) is 12.8. The maximum atomic E-state index is 5.48. The third-order valence-electron chi connectivity index (χ3n) is 1.92. The van der Waals surface area contributed by atoms with Crippen molar-refractivity contribution in [1.82, 2.24) is 0 Å². The highest BCUT2D eigenvalue weighted by molar-refractivity contribution is 5.42. The Balaban J connectivity index is 2.15. The van der Waals surface area contributed by atoms with E-state index in [9.17, 15) is 0 Å². The normalized spacial score (nSPS) is 10.8. The third-order valence-corrected chi connectivity index (χ3v) is 1.92. The molecule has 0 heterocycles. The molecule has 3 nitrogen and oxygen atoms in total. The van der Waals surface area contributed by atoms with Gasteiger partial charge < -0.3 is 4.74 Å². The van der Waals surface area contributed by atoms with E-state index in [1.165, 1.54) is 5.56 Å². The second-order valence-electron chi connectivity index (χ2n) is 4.80. The molecule has 0 aliphatic carbocycles. The molecule has 0 fully saturated rings. The maximum absolute atomic E-state index is 5.48. The highest BCUT2D eigenvalue weighted by Gasteiger charge is 2.03. The number of aliphatic imine (C=N–C) groups is 2. The van der Waals surface area contributed by atoms with Crippen molar-refractivity contribution in [3.8, 4) is 0 Å². The van der Waals surface area contributed by atoms with Gasteiger partial charge in [-0.25, -0.2) is 9.98 Å². The van der Waals surface area contributed by atoms with E-state index in [1.807, 2.05) is 51.1 Å². The molecule has 0 bridgehead atoms. The van der Waals surface area contributed by atoms with Crippen molar-refractivity contribution in [2.75, 3.05) is 13.2 Å². The molecular weight excluding hydrogens is 212 g/mol. The number of nitrogens with zero attached hydrogens (tertiary/aromatic N) is 2. The fourth-order valence-corrected chi connectivity index (χ4v) is 1.11. The van der Waals surface area contributed by atoms with Gasteiger partial charge in [-0.2, -0.15) is 0 Å². The van der Waals surface area contributed by atoms with E-state index in [-0.39, 0.29) is 5.54 Å². The summed E-state index contributed by atoms with van der Waals surface area (Å²) in [5, 5.41) is 0. The van der Waals surface area contributed by atoms with Crippen molar-refractivity contribution in [3.05, 3.63) is 35.9 Å². The topological polar surface area (TPSA) is 34.0 Å². The second kappa shape index (κ2) is 7.00.